The van der Waals surface area contributed by atoms with Gasteiger partial charge in [-0.2, -0.15) is 18.3 Å². The summed E-state index contributed by atoms with van der Waals surface area (Å²) in [7, 11) is 3.87. The molecule has 1 aromatic carbocycles. The summed E-state index contributed by atoms with van der Waals surface area (Å²) in [5.41, 5.74) is 1.38. The monoisotopic (exact) mass is 477 g/mol. The third-order valence-electron chi connectivity index (χ3n) is 5.65. The number of likely N-dealkylation sites (N-methyl/N-ethyl adjacent to an activating group) is 1. The second-order valence-electron chi connectivity index (χ2n) is 8.46. The fraction of sp³-hybridized carbons (Fsp3) is 0.435. The number of carbonyl (C=O) groups is 1. The molecule has 0 spiro atoms. The average Bonchev–Trinajstić information content (AvgIpc) is 3.39. The van der Waals surface area contributed by atoms with Crippen LogP contribution in [0.1, 0.15) is 56.9 Å². The van der Waals surface area contributed by atoms with Gasteiger partial charge in [-0.15, -0.1) is 11.3 Å². The van der Waals surface area contributed by atoms with Crippen molar-refractivity contribution in [1.82, 2.24) is 25.0 Å². The van der Waals surface area contributed by atoms with Crippen molar-refractivity contribution in [1.29, 1.82) is 0 Å². The van der Waals surface area contributed by atoms with Gasteiger partial charge in [0.15, 0.2) is 5.69 Å². The van der Waals surface area contributed by atoms with Crippen molar-refractivity contribution in [2.45, 2.75) is 44.4 Å². The number of nitrogens with zero attached hydrogens (tertiary/aromatic N) is 4. The molecule has 1 atom stereocenters. The summed E-state index contributed by atoms with van der Waals surface area (Å²) < 4.78 is 41.7. The molecule has 4 rings (SSSR count). The van der Waals surface area contributed by atoms with E-state index in [0.29, 0.717) is 35.7 Å². The van der Waals surface area contributed by atoms with E-state index in [-0.39, 0.29) is 24.2 Å². The molecule has 6 nitrogen and oxygen atoms in total. The van der Waals surface area contributed by atoms with Crippen molar-refractivity contribution in [2.24, 2.45) is 0 Å². The molecular formula is C23H26F3N5OS. The van der Waals surface area contributed by atoms with Gasteiger partial charge < -0.3 is 10.2 Å². The Morgan fingerprint density at radius 2 is 1.94 bits per heavy atom. The van der Waals surface area contributed by atoms with E-state index < -0.39 is 11.9 Å². The molecule has 3 aromatic rings. The maximum atomic E-state index is 13.4. The number of halogens is 3. The first-order valence-electron chi connectivity index (χ1n) is 10.8. The number of nitrogens with one attached hydrogen (secondary N) is 1. The van der Waals surface area contributed by atoms with Crippen LogP contribution in [-0.2, 0) is 25.6 Å². The first-order valence-corrected chi connectivity index (χ1v) is 11.7. The van der Waals surface area contributed by atoms with Crippen LogP contribution in [0.2, 0.25) is 0 Å². The van der Waals surface area contributed by atoms with Gasteiger partial charge in [0.2, 0.25) is 0 Å². The summed E-state index contributed by atoms with van der Waals surface area (Å²) in [6.07, 6.45) is -1.94. The summed E-state index contributed by atoms with van der Waals surface area (Å²) in [5.74, 6) is -0.313. The molecule has 0 fully saturated rings. The predicted octanol–water partition coefficient (Wildman–Crippen LogP) is 4.32. The number of alkyl halides is 3. The topological polar surface area (TPSA) is 63.1 Å². The van der Waals surface area contributed by atoms with E-state index in [9.17, 15) is 18.0 Å². The Bertz CT molecular complexity index is 1110. The molecule has 176 valence electrons. The molecule has 2 aromatic heterocycles. The van der Waals surface area contributed by atoms with E-state index in [0.717, 1.165) is 18.4 Å². The van der Waals surface area contributed by atoms with Crippen molar-refractivity contribution < 1.29 is 18.0 Å². The van der Waals surface area contributed by atoms with Crippen LogP contribution < -0.4 is 5.32 Å². The molecule has 1 unspecified atom stereocenters. The van der Waals surface area contributed by atoms with Crippen LogP contribution >= 0.6 is 11.3 Å². The van der Waals surface area contributed by atoms with Gasteiger partial charge in [-0.3, -0.25) is 9.48 Å². The van der Waals surface area contributed by atoms with Crippen molar-refractivity contribution in [3.05, 3.63) is 68.9 Å². The lowest BCUT2D eigenvalue weighted by atomic mass is 9.95. The van der Waals surface area contributed by atoms with E-state index in [1.165, 1.54) is 16.0 Å². The quantitative estimate of drug-likeness (QED) is 0.551. The Hall–Kier alpha value is -2.72. The Labute approximate surface area is 194 Å². The number of rotatable bonds is 7. The number of fused-ring (bicyclic) bond motifs is 1. The van der Waals surface area contributed by atoms with Crippen LogP contribution in [0.5, 0.6) is 0 Å². The minimum atomic E-state index is -4.47. The minimum Gasteiger partial charge on any atom is -0.343 e. The normalized spacial score (nSPS) is 14.8. The van der Waals surface area contributed by atoms with Crippen LogP contribution in [-0.4, -0.2) is 46.2 Å². The van der Waals surface area contributed by atoms with E-state index in [4.69, 9.17) is 0 Å². The molecule has 1 aliphatic carbocycles. The maximum absolute atomic E-state index is 13.4. The molecule has 33 heavy (non-hydrogen) atoms. The van der Waals surface area contributed by atoms with E-state index in [2.05, 4.69) is 15.4 Å². The van der Waals surface area contributed by atoms with Gasteiger partial charge in [0, 0.05) is 23.2 Å². The number of benzene rings is 1. The van der Waals surface area contributed by atoms with Crippen LogP contribution in [0.4, 0.5) is 13.2 Å². The Balaban J connectivity index is 1.51. The van der Waals surface area contributed by atoms with Gasteiger partial charge in [0.05, 0.1) is 12.6 Å². The minimum absolute atomic E-state index is 0.121. The highest BCUT2D eigenvalue weighted by atomic mass is 32.1. The number of aromatic nitrogens is 3. The van der Waals surface area contributed by atoms with Crippen LogP contribution in [0.25, 0.3) is 0 Å². The molecule has 10 heteroatoms. The fourth-order valence-electron chi connectivity index (χ4n) is 4.16. The molecule has 0 saturated carbocycles. The average molecular weight is 478 g/mol. The van der Waals surface area contributed by atoms with Gasteiger partial charge in [-0.1, -0.05) is 30.3 Å². The molecule has 0 aliphatic heterocycles. The molecule has 0 radical (unpaired) electrons. The summed E-state index contributed by atoms with van der Waals surface area (Å²) in [6, 6.07) is 9.46. The summed E-state index contributed by atoms with van der Waals surface area (Å²) in [4.78, 5) is 19.3. The van der Waals surface area contributed by atoms with Gasteiger partial charge in [-0.05, 0) is 45.3 Å². The van der Waals surface area contributed by atoms with Crippen molar-refractivity contribution >= 4 is 17.2 Å². The first-order chi connectivity index (χ1) is 15.7. The fourth-order valence-corrected chi connectivity index (χ4v) is 4.92. The smallest absolute Gasteiger partial charge is 0.343 e. The zero-order valence-electron chi connectivity index (χ0n) is 18.5. The zero-order chi connectivity index (χ0) is 23.6. The van der Waals surface area contributed by atoms with E-state index in [1.54, 1.807) is 5.38 Å². The van der Waals surface area contributed by atoms with Crippen molar-refractivity contribution in [2.75, 3.05) is 20.6 Å². The number of thiazole rings is 1. The molecule has 0 saturated heterocycles. The van der Waals surface area contributed by atoms with Gasteiger partial charge in [0.25, 0.3) is 5.91 Å². The number of hydrogen-bond donors (Lipinski definition) is 1. The molecular weight excluding hydrogens is 451 g/mol. The standard InChI is InChI=1S/C23H26F3N5OS/c1-30(2)12-17(15-8-4-3-5-9-15)28-22(32)18-14-33-20(27-18)13-31-19-11-7-6-10-16(19)21(29-31)23(24,25)26/h3-5,8-9,14,17H,6-7,10-13H2,1-2H3,(H,28,32). The zero-order valence-corrected chi connectivity index (χ0v) is 19.3. The summed E-state index contributed by atoms with van der Waals surface area (Å²) in [6.45, 7) is 0.739. The lowest BCUT2D eigenvalue weighted by Crippen LogP contribution is -2.35. The Kier molecular flexibility index (Phi) is 6.85. The van der Waals surface area contributed by atoms with Crippen LogP contribution in [0.3, 0.4) is 0 Å². The molecule has 1 N–H and O–H groups in total. The highest BCUT2D eigenvalue weighted by Crippen LogP contribution is 2.36. The SMILES string of the molecule is CN(C)CC(NC(=O)c1csc(Cn2nc(C(F)(F)F)c3c2CCCC3)n1)c1ccccc1. The van der Waals surface area contributed by atoms with Gasteiger partial charge in [0.1, 0.15) is 10.7 Å². The highest BCUT2D eigenvalue weighted by Gasteiger charge is 2.39. The van der Waals surface area contributed by atoms with Crippen molar-refractivity contribution in [3.63, 3.8) is 0 Å². The number of amides is 1. The third-order valence-corrected chi connectivity index (χ3v) is 6.48. The third kappa shape index (κ3) is 5.44. The summed E-state index contributed by atoms with van der Waals surface area (Å²) in [5, 5.41) is 9.10. The van der Waals surface area contributed by atoms with E-state index in [1.807, 2.05) is 49.3 Å². The lowest BCUT2D eigenvalue weighted by Gasteiger charge is -2.22. The second kappa shape index (κ2) is 9.64. The first kappa shape index (κ1) is 23.4. The molecule has 0 bridgehead atoms. The summed E-state index contributed by atoms with van der Waals surface area (Å²) >= 11 is 1.25. The Morgan fingerprint density at radius 3 is 2.64 bits per heavy atom. The number of carbonyl (C=O) groups excluding carboxylic acids is 1. The van der Waals surface area contributed by atoms with Gasteiger partial charge >= 0.3 is 6.18 Å². The van der Waals surface area contributed by atoms with Crippen LogP contribution in [0.15, 0.2) is 35.7 Å². The second-order valence-corrected chi connectivity index (χ2v) is 9.40. The van der Waals surface area contributed by atoms with Gasteiger partial charge in [-0.25, -0.2) is 4.98 Å². The number of hydrogen-bond acceptors (Lipinski definition) is 5. The van der Waals surface area contributed by atoms with Crippen LogP contribution in [0, 0.1) is 0 Å². The highest BCUT2D eigenvalue weighted by molar-refractivity contribution is 7.09. The predicted molar refractivity (Wildman–Crippen MR) is 120 cm³/mol. The van der Waals surface area contributed by atoms with E-state index >= 15 is 0 Å². The largest absolute Gasteiger partial charge is 0.435 e. The van der Waals surface area contributed by atoms with Crippen molar-refractivity contribution in [3.8, 4) is 0 Å². The Morgan fingerprint density at radius 1 is 1.21 bits per heavy atom. The molecule has 2 heterocycles. The molecule has 1 amide bonds. The lowest BCUT2D eigenvalue weighted by molar-refractivity contribution is -0.142. The maximum Gasteiger partial charge on any atom is 0.435 e. The molecule has 1 aliphatic rings.